The van der Waals surface area contributed by atoms with E-state index in [0.29, 0.717) is 32.5 Å². The third-order valence-electron chi connectivity index (χ3n) is 5.43. The number of aromatic nitrogens is 1. The van der Waals surface area contributed by atoms with Crippen LogP contribution in [-0.2, 0) is 17.8 Å². The summed E-state index contributed by atoms with van der Waals surface area (Å²) < 4.78 is 0. The summed E-state index contributed by atoms with van der Waals surface area (Å²) in [6.45, 7) is 3.79. The summed E-state index contributed by atoms with van der Waals surface area (Å²) in [6.07, 6.45) is 1.76. The van der Waals surface area contributed by atoms with Crippen molar-refractivity contribution < 1.29 is 15.0 Å². The van der Waals surface area contributed by atoms with Gasteiger partial charge >= 0.3 is 5.97 Å². The van der Waals surface area contributed by atoms with Gasteiger partial charge in [-0.1, -0.05) is 30.3 Å². The van der Waals surface area contributed by atoms with Crippen LogP contribution in [0.15, 0.2) is 35.8 Å². The van der Waals surface area contributed by atoms with Crippen LogP contribution < -0.4 is 0 Å². The molecule has 2 heterocycles. The van der Waals surface area contributed by atoms with Gasteiger partial charge in [-0.05, 0) is 38.2 Å². The fourth-order valence-electron chi connectivity index (χ4n) is 3.80. The Morgan fingerprint density at radius 1 is 1.38 bits per heavy atom. The predicted octanol–water partition coefficient (Wildman–Crippen LogP) is 3.11. The van der Waals surface area contributed by atoms with E-state index < -0.39 is 17.5 Å². The first-order chi connectivity index (χ1) is 12.5. The minimum atomic E-state index is -1.09. The molecule has 5 nitrogen and oxygen atoms in total. The van der Waals surface area contributed by atoms with Crippen molar-refractivity contribution in [3.63, 3.8) is 0 Å². The molecular formula is C20H26N2O3S. The maximum atomic E-state index is 12.1. The van der Waals surface area contributed by atoms with Crippen molar-refractivity contribution in [1.29, 1.82) is 0 Å². The molecular weight excluding hydrogens is 348 g/mol. The first-order valence-electron chi connectivity index (χ1n) is 9.08. The van der Waals surface area contributed by atoms with Gasteiger partial charge in [-0.2, -0.15) is 0 Å². The van der Waals surface area contributed by atoms with Crippen LogP contribution >= 0.6 is 11.3 Å². The lowest BCUT2D eigenvalue weighted by Gasteiger charge is -2.43. The van der Waals surface area contributed by atoms with E-state index in [2.05, 4.69) is 22.0 Å². The molecule has 1 saturated heterocycles. The monoisotopic (exact) mass is 374 g/mol. The quantitative estimate of drug-likeness (QED) is 0.779. The number of aliphatic carboxylic acids is 1. The van der Waals surface area contributed by atoms with Crippen molar-refractivity contribution in [1.82, 2.24) is 9.88 Å². The van der Waals surface area contributed by atoms with Crippen molar-refractivity contribution in [3.05, 3.63) is 52.0 Å². The third-order valence-corrected chi connectivity index (χ3v) is 6.35. The van der Waals surface area contributed by atoms with E-state index in [-0.39, 0.29) is 0 Å². The van der Waals surface area contributed by atoms with Gasteiger partial charge in [0.1, 0.15) is 5.41 Å². The molecule has 140 valence electrons. The van der Waals surface area contributed by atoms with Crippen LogP contribution in [0.2, 0.25) is 0 Å². The number of thiazole rings is 1. The molecule has 0 aliphatic carbocycles. The number of nitrogens with zero attached hydrogens (tertiary/aromatic N) is 2. The number of likely N-dealkylation sites (tertiary alicyclic amines) is 1. The van der Waals surface area contributed by atoms with Gasteiger partial charge in [0.25, 0.3) is 0 Å². The molecule has 2 N–H and O–H groups in total. The van der Waals surface area contributed by atoms with Crippen LogP contribution in [0, 0.1) is 12.3 Å². The van der Waals surface area contributed by atoms with Crippen LogP contribution in [0.3, 0.4) is 0 Å². The molecule has 1 aliphatic rings. The number of carboxylic acid groups (broad SMARTS) is 1. The van der Waals surface area contributed by atoms with E-state index in [4.69, 9.17) is 0 Å². The minimum absolute atomic E-state index is 0.385. The highest BCUT2D eigenvalue weighted by molar-refractivity contribution is 7.09. The molecule has 0 unspecified atom stereocenters. The maximum Gasteiger partial charge on any atom is 0.313 e. The van der Waals surface area contributed by atoms with Gasteiger partial charge in [0.2, 0.25) is 0 Å². The van der Waals surface area contributed by atoms with E-state index in [1.54, 1.807) is 11.3 Å². The Bertz CT molecular complexity index is 734. The molecule has 2 atom stereocenters. The number of hydrogen-bond acceptors (Lipinski definition) is 5. The number of carbonyl (C=O) groups is 1. The number of aryl methyl sites for hydroxylation is 2. The maximum absolute atomic E-state index is 12.1. The van der Waals surface area contributed by atoms with Crippen molar-refractivity contribution in [2.75, 3.05) is 13.1 Å². The standard InChI is InChI=1S/C20H26N2O3S/c1-15-17(26-14-21-15)12-22-11-9-18(23)20(13-22,19(24)25)10-5-8-16-6-3-2-4-7-16/h2-4,6-7,14,18,23H,5,8-13H2,1H3,(H,24,25)/t18-,20+/m0/s1. The summed E-state index contributed by atoms with van der Waals surface area (Å²) in [5, 5.41) is 20.5. The number of carboxylic acids is 1. The second-order valence-corrected chi connectivity index (χ2v) is 8.12. The Kier molecular flexibility index (Phi) is 6.06. The van der Waals surface area contributed by atoms with Gasteiger partial charge in [-0.25, -0.2) is 4.98 Å². The first-order valence-corrected chi connectivity index (χ1v) is 9.96. The molecule has 0 saturated carbocycles. The zero-order chi connectivity index (χ0) is 18.6. The molecule has 2 aromatic rings. The van der Waals surface area contributed by atoms with Gasteiger partial charge < -0.3 is 10.2 Å². The summed E-state index contributed by atoms with van der Waals surface area (Å²) in [5.74, 6) is -0.885. The van der Waals surface area contributed by atoms with Crippen LogP contribution in [0.4, 0.5) is 0 Å². The Balaban J connectivity index is 1.68. The lowest BCUT2D eigenvalue weighted by atomic mass is 9.73. The normalized spacial score (nSPS) is 23.8. The fourth-order valence-corrected chi connectivity index (χ4v) is 4.61. The largest absolute Gasteiger partial charge is 0.481 e. The number of rotatable bonds is 7. The molecule has 0 radical (unpaired) electrons. The van der Waals surface area contributed by atoms with Gasteiger partial charge in [0.15, 0.2) is 0 Å². The first kappa shape index (κ1) is 19.0. The SMILES string of the molecule is Cc1ncsc1CN1CC[C@H](O)[C@](CCCc2ccccc2)(C(=O)O)C1. The second-order valence-electron chi connectivity index (χ2n) is 7.18. The average Bonchev–Trinajstić information content (AvgIpc) is 3.03. The molecule has 3 rings (SSSR count). The number of hydrogen-bond donors (Lipinski definition) is 2. The molecule has 6 heteroatoms. The van der Waals surface area contributed by atoms with Gasteiger partial charge in [-0.15, -0.1) is 11.3 Å². The smallest absolute Gasteiger partial charge is 0.313 e. The van der Waals surface area contributed by atoms with E-state index in [0.717, 1.165) is 18.5 Å². The topological polar surface area (TPSA) is 73.7 Å². The zero-order valence-corrected chi connectivity index (χ0v) is 15.9. The molecule has 1 aliphatic heterocycles. The zero-order valence-electron chi connectivity index (χ0n) is 15.1. The van der Waals surface area contributed by atoms with Crippen molar-refractivity contribution in [2.24, 2.45) is 5.41 Å². The molecule has 1 fully saturated rings. The number of piperidine rings is 1. The Labute approximate surface area is 158 Å². The molecule has 26 heavy (non-hydrogen) atoms. The lowest BCUT2D eigenvalue weighted by molar-refractivity contribution is -0.164. The number of aliphatic hydroxyl groups excluding tert-OH is 1. The molecule has 0 amide bonds. The Morgan fingerprint density at radius 3 is 2.81 bits per heavy atom. The van der Waals surface area contributed by atoms with Crippen LogP contribution in [0.5, 0.6) is 0 Å². The second kappa shape index (κ2) is 8.29. The molecule has 0 bridgehead atoms. The average molecular weight is 375 g/mol. The van der Waals surface area contributed by atoms with Crippen LogP contribution in [0.25, 0.3) is 0 Å². The van der Waals surface area contributed by atoms with Crippen molar-refractivity contribution in [3.8, 4) is 0 Å². The van der Waals surface area contributed by atoms with Gasteiger partial charge in [0, 0.05) is 24.5 Å². The Hall–Kier alpha value is -1.76. The predicted molar refractivity (Wildman–Crippen MR) is 102 cm³/mol. The highest BCUT2D eigenvalue weighted by atomic mass is 32.1. The highest BCUT2D eigenvalue weighted by Gasteiger charge is 2.48. The van der Waals surface area contributed by atoms with E-state index in [1.165, 1.54) is 10.4 Å². The summed E-state index contributed by atoms with van der Waals surface area (Å²) in [4.78, 5) is 19.8. The molecule has 1 aromatic carbocycles. The van der Waals surface area contributed by atoms with E-state index in [1.807, 2.05) is 30.6 Å². The van der Waals surface area contributed by atoms with Crippen molar-refractivity contribution in [2.45, 2.75) is 45.3 Å². The third kappa shape index (κ3) is 4.14. The fraction of sp³-hybridized carbons (Fsp3) is 0.500. The van der Waals surface area contributed by atoms with E-state index >= 15 is 0 Å². The molecule has 1 aromatic heterocycles. The van der Waals surface area contributed by atoms with Gasteiger partial charge in [0.05, 0.1) is 17.3 Å². The summed E-state index contributed by atoms with van der Waals surface area (Å²) in [6, 6.07) is 10.1. The van der Waals surface area contributed by atoms with Crippen molar-refractivity contribution >= 4 is 17.3 Å². The number of benzene rings is 1. The summed E-state index contributed by atoms with van der Waals surface area (Å²) >= 11 is 1.60. The summed E-state index contributed by atoms with van der Waals surface area (Å²) in [5.41, 5.74) is 2.95. The highest BCUT2D eigenvalue weighted by Crippen LogP contribution is 2.37. The van der Waals surface area contributed by atoms with Crippen LogP contribution in [-0.4, -0.2) is 45.3 Å². The molecule has 0 spiro atoms. The minimum Gasteiger partial charge on any atom is -0.481 e. The lowest BCUT2D eigenvalue weighted by Crippen LogP contribution is -2.55. The summed E-state index contributed by atoms with van der Waals surface area (Å²) in [7, 11) is 0. The Morgan fingerprint density at radius 2 is 2.15 bits per heavy atom. The van der Waals surface area contributed by atoms with E-state index in [9.17, 15) is 15.0 Å². The number of aliphatic hydroxyl groups is 1. The van der Waals surface area contributed by atoms with Crippen LogP contribution in [0.1, 0.15) is 35.4 Å². The van der Waals surface area contributed by atoms with Gasteiger partial charge in [-0.3, -0.25) is 9.69 Å².